The van der Waals surface area contributed by atoms with Crippen molar-refractivity contribution in [2.45, 2.75) is 6.18 Å². The third-order valence-electron chi connectivity index (χ3n) is 2.84. The fraction of sp³-hybridized carbons (Fsp3) is 0.0667. The van der Waals surface area contributed by atoms with Gasteiger partial charge in [0.1, 0.15) is 5.82 Å². The number of carbonyl (C=O) groups is 1. The minimum atomic E-state index is -4.82. The molecule has 0 bridgehead atoms. The van der Waals surface area contributed by atoms with E-state index in [1.807, 2.05) is 5.32 Å². The molecule has 0 spiro atoms. The minimum absolute atomic E-state index is 0.297. The maximum absolute atomic E-state index is 13.0. The molecule has 0 fully saturated rings. The van der Waals surface area contributed by atoms with E-state index in [-0.39, 0.29) is 4.99 Å². The van der Waals surface area contributed by atoms with E-state index in [9.17, 15) is 22.4 Å². The van der Waals surface area contributed by atoms with Crippen molar-refractivity contribution in [3.63, 3.8) is 0 Å². The molecule has 1 amide bonds. The number of nitrogens with one attached hydrogen (secondary N) is 2. The van der Waals surface area contributed by atoms with Crippen molar-refractivity contribution in [3.05, 3.63) is 58.9 Å². The van der Waals surface area contributed by atoms with Crippen LogP contribution in [0.2, 0.25) is 5.02 Å². The Kier molecular flexibility index (Phi) is 5.40. The molecule has 0 aliphatic carbocycles. The number of anilines is 2. The molecule has 0 heterocycles. The molecule has 2 rings (SSSR count). The Balaban J connectivity index is 2.14. The highest BCUT2D eigenvalue weighted by Gasteiger charge is 2.34. The Hall–Kier alpha value is -2.19. The maximum atomic E-state index is 13.0. The quantitative estimate of drug-likeness (QED) is 0.580. The summed E-state index contributed by atoms with van der Waals surface area (Å²) in [7, 11) is 0. The zero-order chi connectivity index (χ0) is 17.9. The normalized spacial score (nSPS) is 11.0. The summed E-state index contributed by atoms with van der Waals surface area (Å²) >= 11 is 10.6. The summed E-state index contributed by atoms with van der Waals surface area (Å²) in [4.78, 5) is 11.6. The van der Waals surface area contributed by atoms with Crippen molar-refractivity contribution < 1.29 is 22.4 Å². The largest absolute Gasteiger partial charge is 0.418 e. The van der Waals surface area contributed by atoms with Gasteiger partial charge < -0.3 is 10.6 Å². The lowest BCUT2D eigenvalue weighted by Crippen LogP contribution is -2.28. The summed E-state index contributed by atoms with van der Waals surface area (Å²) < 4.78 is 51.7. The van der Waals surface area contributed by atoms with Crippen molar-refractivity contribution in [1.82, 2.24) is 0 Å². The maximum Gasteiger partial charge on any atom is 0.418 e. The van der Waals surface area contributed by atoms with E-state index in [2.05, 4.69) is 5.32 Å². The molecule has 24 heavy (non-hydrogen) atoms. The van der Waals surface area contributed by atoms with Gasteiger partial charge in [0.15, 0.2) is 4.99 Å². The third kappa shape index (κ3) is 4.65. The lowest BCUT2D eigenvalue weighted by molar-refractivity contribution is -0.137. The number of rotatable bonds is 2. The predicted octanol–water partition coefficient (Wildman–Crippen LogP) is 4.88. The average molecular weight is 377 g/mol. The first-order valence-electron chi connectivity index (χ1n) is 6.41. The van der Waals surface area contributed by atoms with Crippen LogP contribution < -0.4 is 10.6 Å². The fourth-order valence-corrected chi connectivity index (χ4v) is 2.06. The molecule has 2 N–H and O–H groups in total. The van der Waals surface area contributed by atoms with Gasteiger partial charge in [0.25, 0.3) is 5.91 Å². The monoisotopic (exact) mass is 376 g/mol. The molecule has 0 aromatic heterocycles. The van der Waals surface area contributed by atoms with Crippen LogP contribution in [-0.4, -0.2) is 10.9 Å². The Morgan fingerprint density at radius 3 is 2.25 bits per heavy atom. The highest BCUT2D eigenvalue weighted by molar-refractivity contribution is 7.82. The van der Waals surface area contributed by atoms with Crippen molar-refractivity contribution in [1.29, 1.82) is 0 Å². The lowest BCUT2D eigenvalue weighted by atomic mass is 10.1. The number of alkyl halides is 3. The van der Waals surface area contributed by atoms with Gasteiger partial charge >= 0.3 is 6.18 Å². The first-order valence-corrected chi connectivity index (χ1v) is 7.20. The summed E-state index contributed by atoms with van der Waals surface area (Å²) in [6.45, 7) is 0. The first kappa shape index (κ1) is 18.2. The molecule has 2 aromatic rings. The van der Waals surface area contributed by atoms with Crippen LogP contribution >= 0.6 is 23.8 Å². The van der Waals surface area contributed by atoms with Crippen molar-refractivity contribution >= 4 is 46.1 Å². The fourth-order valence-electron chi connectivity index (χ4n) is 1.76. The molecule has 2 aromatic carbocycles. The molecule has 126 valence electrons. The zero-order valence-electron chi connectivity index (χ0n) is 11.7. The molecule has 0 saturated carbocycles. The standard InChI is InChI=1S/C15H9ClF4N2OS/c16-8-1-4-10(5-2-8)21-14(24)13(23)22-12-6-3-9(17)7-11(12)15(18,19)20/h1-7H,(H,21,24)(H,22,23). The van der Waals surface area contributed by atoms with Crippen LogP contribution in [0.1, 0.15) is 5.56 Å². The van der Waals surface area contributed by atoms with Crippen molar-refractivity contribution in [2.75, 3.05) is 10.6 Å². The first-order chi connectivity index (χ1) is 11.2. The van der Waals surface area contributed by atoms with Crippen molar-refractivity contribution in [2.24, 2.45) is 0 Å². The average Bonchev–Trinajstić information content (AvgIpc) is 2.50. The Morgan fingerprint density at radius 1 is 1.04 bits per heavy atom. The smallest absolute Gasteiger partial charge is 0.342 e. The van der Waals surface area contributed by atoms with Gasteiger partial charge in [0.2, 0.25) is 0 Å². The van der Waals surface area contributed by atoms with E-state index in [1.165, 1.54) is 0 Å². The molecule has 0 atom stereocenters. The van der Waals surface area contributed by atoms with E-state index < -0.39 is 29.2 Å². The van der Waals surface area contributed by atoms with E-state index in [1.54, 1.807) is 24.3 Å². The second-order valence-electron chi connectivity index (χ2n) is 4.60. The number of hydrogen-bond donors (Lipinski definition) is 2. The topological polar surface area (TPSA) is 41.1 Å². The molecule has 0 radical (unpaired) electrons. The highest BCUT2D eigenvalue weighted by Crippen LogP contribution is 2.35. The summed E-state index contributed by atoms with van der Waals surface area (Å²) in [5, 5.41) is 5.05. The number of hydrogen-bond acceptors (Lipinski definition) is 2. The van der Waals surface area contributed by atoms with Crippen LogP contribution in [0.15, 0.2) is 42.5 Å². The predicted molar refractivity (Wildman–Crippen MR) is 87.7 cm³/mol. The van der Waals surface area contributed by atoms with E-state index >= 15 is 0 Å². The van der Waals surface area contributed by atoms with E-state index in [4.69, 9.17) is 23.8 Å². The Labute approximate surface area is 144 Å². The van der Waals surface area contributed by atoms with Gasteiger partial charge in [0, 0.05) is 10.7 Å². The molecule has 0 saturated heterocycles. The van der Waals surface area contributed by atoms with E-state index in [0.717, 1.165) is 12.1 Å². The van der Waals surface area contributed by atoms with Crippen LogP contribution in [0.4, 0.5) is 28.9 Å². The second-order valence-corrected chi connectivity index (χ2v) is 5.45. The van der Waals surface area contributed by atoms with Gasteiger partial charge in [-0.2, -0.15) is 13.2 Å². The van der Waals surface area contributed by atoms with Crippen molar-refractivity contribution in [3.8, 4) is 0 Å². The molecule has 0 aliphatic rings. The van der Waals surface area contributed by atoms with Gasteiger partial charge in [-0.05, 0) is 42.5 Å². The lowest BCUT2D eigenvalue weighted by Gasteiger charge is -2.14. The Bertz CT molecular complexity index is 778. The zero-order valence-corrected chi connectivity index (χ0v) is 13.3. The third-order valence-corrected chi connectivity index (χ3v) is 3.38. The highest BCUT2D eigenvalue weighted by atomic mass is 35.5. The number of amides is 1. The summed E-state index contributed by atoms with van der Waals surface area (Å²) in [6, 6.07) is 8.10. The molecule has 0 unspecified atom stereocenters. The number of halogens is 5. The Morgan fingerprint density at radius 2 is 1.67 bits per heavy atom. The van der Waals surface area contributed by atoms with E-state index in [0.29, 0.717) is 16.8 Å². The van der Waals surface area contributed by atoms with Crippen LogP contribution in [0.25, 0.3) is 0 Å². The van der Waals surface area contributed by atoms with Crippen LogP contribution in [0.5, 0.6) is 0 Å². The van der Waals surface area contributed by atoms with Crippen LogP contribution in [0.3, 0.4) is 0 Å². The summed E-state index contributed by atoms with van der Waals surface area (Å²) in [6.07, 6.45) is -4.82. The van der Waals surface area contributed by atoms with Gasteiger partial charge in [-0.25, -0.2) is 4.39 Å². The second kappa shape index (κ2) is 7.14. The molecule has 0 aliphatic heterocycles. The van der Waals surface area contributed by atoms with Crippen LogP contribution in [-0.2, 0) is 11.0 Å². The van der Waals surface area contributed by atoms with Gasteiger partial charge in [-0.3, -0.25) is 4.79 Å². The number of carbonyl (C=O) groups excluding carboxylic acids is 1. The number of thiocarbonyl (C=S) groups is 1. The van der Waals surface area contributed by atoms with Gasteiger partial charge in [-0.1, -0.05) is 23.8 Å². The molecule has 3 nitrogen and oxygen atoms in total. The molecule has 9 heteroatoms. The summed E-state index contributed by atoms with van der Waals surface area (Å²) in [5.74, 6) is -2.03. The van der Waals surface area contributed by atoms with Gasteiger partial charge in [-0.15, -0.1) is 0 Å². The summed E-state index contributed by atoms with van der Waals surface area (Å²) in [5.41, 5.74) is -1.45. The molecular formula is C15H9ClF4N2OS. The molecular weight excluding hydrogens is 368 g/mol. The minimum Gasteiger partial charge on any atom is -0.342 e. The number of benzene rings is 2. The van der Waals surface area contributed by atoms with Crippen LogP contribution in [0, 0.1) is 5.82 Å². The van der Waals surface area contributed by atoms with Gasteiger partial charge in [0.05, 0.1) is 11.3 Å². The SMILES string of the molecule is O=C(Nc1ccc(F)cc1C(F)(F)F)C(=S)Nc1ccc(Cl)cc1.